The maximum atomic E-state index is 11.7. The molecule has 17 heavy (non-hydrogen) atoms. The van der Waals surface area contributed by atoms with Gasteiger partial charge in [-0.25, -0.2) is 4.98 Å². The molecule has 0 aliphatic rings. The zero-order valence-electron chi connectivity index (χ0n) is 9.21. The van der Waals surface area contributed by atoms with Gasteiger partial charge in [-0.15, -0.1) is 11.3 Å². The zero-order valence-corrected chi connectivity index (χ0v) is 10.8. The first kappa shape index (κ1) is 12.2. The summed E-state index contributed by atoms with van der Waals surface area (Å²) in [6.07, 6.45) is -0.547. The Kier molecular flexibility index (Phi) is 3.88. The van der Waals surface area contributed by atoms with E-state index in [9.17, 15) is 4.79 Å². The Morgan fingerprint density at radius 3 is 3.06 bits per heavy atom. The first-order valence-corrected chi connectivity index (χ1v) is 6.93. The van der Waals surface area contributed by atoms with Crippen LogP contribution in [0, 0.1) is 0 Å². The normalized spacial score (nSPS) is 12.4. The second-order valence-corrected chi connectivity index (χ2v) is 5.25. The number of aliphatic hydroxyl groups is 1. The van der Waals surface area contributed by atoms with E-state index < -0.39 is 6.10 Å². The summed E-state index contributed by atoms with van der Waals surface area (Å²) < 4.78 is 0. The molecular formula is C11H12N2O2S2. The fourth-order valence-corrected chi connectivity index (χ4v) is 2.74. The van der Waals surface area contributed by atoms with Crippen LogP contribution < -0.4 is 5.32 Å². The lowest BCUT2D eigenvalue weighted by Crippen LogP contribution is -2.30. The minimum atomic E-state index is -0.547. The molecule has 2 N–H and O–H groups in total. The van der Waals surface area contributed by atoms with Crippen LogP contribution in [-0.2, 0) is 0 Å². The Hall–Kier alpha value is -1.24. The molecule has 2 aromatic rings. The third-order valence-corrected chi connectivity index (χ3v) is 3.64. The Morgan fingerprint density at radius 2 is 2.41 bits per heavy atom. The van der Waals surface area contributed by atoms with Crippen LogP contribution in [-0.4, -0.2) is 28.6 Å². The number of aromatic nitrogens is 1. The summed E-state index contributed by atoms with van der Waals surface area (Å²) in [5, 5.41) is 18.2. The smallest absolute Gasteiger partial charge is 0.270 e. The van der Waals surface area contributed by atoms with Gasteiger partial charge in [0.1, 0.15) is 10.7 Å². The van der Waals surface area contributed by atoms with Crippen molar-refractivity contribution < 1.29 is 9.90 Å². The van der Waals surface area contributed by atoms with Gasteiger partial charge in [0.2, 0.25) is 0 Å². The molecule has 2 heterocycles. The van der Waals surface area contributed by atoms with Crippen molar-refractivity contribution in [2.45, 2.75) is 13.0 Å². The van der Waals surface area contributed by atoms with Crippen molar-refractivity contribution in [2.75, 3.05) is 6.54 Å². The van der Waals surface area contributed by atoms with E-state index in [1.54, 1.807) is 23.6 Å². The largest absolute Gasteiger partial charge is 0.392 e. The number of nitrogens with one attached hydrogen (secondary N) is 1. The third kappa shape index (κ3) is 3.12. The van der Waals surface area contributed by atoms with Crippen molar-refractivity contribution in [2.24, 2.45) is 0 Å². The fourth-order valence-electron chi connectivity index (χ4n) is 1.23. The topological polar surface area (TPSA) is 62.2 Å². The number of hydrogen-bond acceptors (Lipinski definition) is 5. The molecule has 0 bridgehead atoms. The molecule has 1 amide bonds. The van der Waals surface area contributed by atoms with Gasteiger partial charge in [0, 0.05) is 22.9 Å². The predicted octanol–water partition coefficient (Wildman–Crippen LogP) is 1.98. The molecule has 0 spiro atoms. The van der Waals surface area contributed by atoms with Gasteiger partial charge in [-0.3, -0.25) is 4.79 Å². The van der Waals surface area contributed by atoms with Gasteiger partial charge in [0.25, 0.3) is 5.91 Å². The highest BCUT2D eigenvalue weighted by Gasteiger charge is 2.12. The Bertz CT molecular complexity index is 491. The summed E-state index contributed by atoms with van der Waals surface area (Å²) in [5.41, 5.74) is 1.44. The minimum absolute atomic E-state index is 0.240. The van der Waals surface area contributed by atoms with Crippen LogP contribution in [0.5, 0.6) is 0 Å². The van der Waals surface area contributed by atoms with E-state index in [1.807, 2.05) is 16.8 Å². The summed E-state index contributed by atoms with van der Waals surface area (Å²) in [6, 6.07) is 1.97. The first-order chi connectivity index (χ1) is 8.16. The second kappa shape index (κ2) is 5.39. The van der Waals surface area contributed by atoms with Crippen LogP contribution in [0.4, 0.5) is 0 Å². The third-order valence-electron chi connectivity index (χ3n) is 2.06. The summed E-state index contributed by atoms with van der Waals surface area (Å²) >= 11 is 3.04. The maximum absolute atomic E-state index is 11.7. The SMILES string of the molecule is CC(O)CNC(=O)c1csc(-c2ccsc2)n1. The molecule has 0 saturated carbocycles. The average Bonchev–Trinajstić information content (AvgIpc) is 2.94. The van der Waals surface area contributed by atoms with Crippen molar-refractivity contribution in [3.63, 3.8) is 0 Å². The zero-order chi connectivity index (χ0) is 12.3. The highest BCUT2D eigenvalue weighted by atomic mass is 32.1. The van der Waals surface area contributed by atoms with Crippen LogP contribution in [0.25, 0.3) is 10.6 Å². The number of rotatable bonds is 4. The monoisotopic (exact) mass is 268 g/mol. The minimum Gasteiger partial charge on any atom is -0.392 e. The lowest BCUT2D eigenvalue weighted by Gasteiger charge is -2.04. The van der Waals surface area contributed by atoms with Crippen molar-refractivity contribution in [1.29, 1.82) is 0 Å². The van der Waals surface area contributed by atoms with Gasteiger partial charge in [0.05, 0.1) is 6.10 Å². The molecule has 0 aromatic carbocycles. The Morgan fingerprint density at radius 1 is 1.59 bits per heavy atom. The molecule has 0 fully saturated rings. The molecule has 2 rings (SSSR count). The number of thiazole rings is 1. The highest BCUT2D eigenvalue weighted by molar-refractivity contribution is 7.14. The average molecular weight is 268 g/mol. The molecule has 0 aliphatic heterocycles. The van der Waals surface area contributed by atoms with Crippen LogP contribution in [0.1, 0.15) is 17.4 Å². The van der Waals surface area contributed by atoms with Gasteiger partial charge in [-0.05, 0) is 18.4 Å². The van der Waals surface area contributed by atoms with Crippen LogP contribution in [0.2, 0.25) is 0 Å². The highest BCUT2D eigenvalue weighted by Crippen LogP contribution is 2.25. The quantitative estimate of drug-likeness (QED) is 0.891. The predicted molar refractivity (Wildman–Crippen MR) is 69.4 cm³/mol. The van der Waals surface area contributed by atoms with Crippen LogP contribution in [0.15, 0.2) is 22.2 Å². The van der Waals surface area contributed by atoms with Crippen LogP contribution >= 0.6 is 22.7 Å². The number of thiophene rings is 1. The molecule has 0 aliphatic carbocycles. The lowest BCUT2D eigenvalue weighted by molar-refractivity contribution is 0.0920. The summed E-state index contributed by atoms with van der Waals surface area (Å²) in [6.45, 7) is 1.86. The molecule has 90 valence electrons. The van der Waals surface area contributed by atoms with Crippen molar-refractivity contribution in [1.82, 2.24) is 10.3 Å². The maximum Gasteiger partial charge on any atom is 0.270 e. The van der Waals surface area contributed by atoms with E-state index in [-0.39, 0.29) is 12.5 Å². The van der Waals surface area contributed by atoms with Gasteiger partial charge < -0.3 is 10.4 Å². The molecular weight excluding hydrogens is 256 g/mol. The van der Waals surface area contributed by atoms with Gasteiger partial charge in [0.15, 0.2) is 0 Å². The fraction of sp³-hybridized carbons (Fsp3) is 0.273. The molecule has 0 saturated heterocycles. The van der Waals surface area contributed by atoms with E-state index in [1.165, 1.54) is 11.3 Å². The molecule has 1 atom stereocenters. The summed E-state index contributed by atoms with van der Waals surface area (Å²) in [7, 11) is 0. The van der Waals surface area contributed by atoms with Gasteiger partial charge in [-0.1, -0.05) is 0 Å². The molecule has 0 radical (unpaired) electrons. The van der Waals surface area contributed by atoms with E-state index in [0.29, 0.717) is 5.69 Å². The number of hydrogen-bond donors (Lipinski definition) is 2. The van der Waals surface area contributed by atoms with E-state index >= 15 is 0 Å². The Labute approximate surface area is 107 Å². The lowest BCUT2D eigenvalue weighted by atomic mass is 10.3. The molecule has 1 unspecified atom stereocenters. The number of nitrogens with zero attached hydrogens (tertiary/aromatic N) is 1. The summed E-state index contributed by atoms with van der Waals surface area (Å²) in [5.74, 6) is -0.247. The van der Waals surface area contributed by atoms with E-state index in [4.69, 9.17) is 5.11 Å². The van der Waals surface area contributed by atoms with Crippen LogP contribution in [0.3, 0.4) is 0 Å². The van der Waals surface area contributed by atoms with Crippen molar-refractivity contribution in [3.8, 4) is 10.6 Å². The number of aliphatic hydroxyl groups excluding tert-OH is 1. The number of carbonyl (C=O) groups is 1. The summed E-state index contributed by atoms with van der Waals surface area (Å²) in [4.78, 5) is 15.9. The van der Waals surface area contributed by atoms with E-state index in [2.05, 4.69) is 10.3 Å². The van der Waals surface area contributed by atoms with Crippen molar-refractivity contribution in [3.05, 3.63) is 27.9 Å². The van der Waals surface area contributed by atoms with Crippen molar-refractivity contribution >= 4 is 28.6 Å². The molecule has 6 heteroatoms. The number of carbonyl (C=O) groups excluding carboxylic acids is 1. The van der Waals surface area contributed by atoms with E-state index in [0.717, 1.165) is 10.6 Å². The molecule has 2 aromatic heterocycles. The number of amides is 1. The van der Waals surface area contributed by atoms with Gasteiger partial charge >= 0.3 is 0 Å². The standard InChI is InChI=1S/C11H12N2O2S2/c1-7(14)4-12-10(15)9-6-17-11(13-9)8-2-3-16-5-8/h2-3,5-7,14H,4H2,1H3,(H,12,15). The van der Waals surface area contributed by atoms with Gasteiger partial charge in [-0.2, -0.15) is 11.3 Å². The Balaban J connectivity index is 2.05. The second-order valence-electron chi connectivity index (χ2n) is 3.61. The first-order valence-electron chi connectivity index (χ1n) is 5.11. The molecule has 4 nitrogen and oxygen atoms in total.